The number of pyridine rings is 2. The molecule has 0 aliphatic carbocycles. The number of ketones is 1. The van der Waals surface area contributed by atoms with Gasteiger partial charge in [-0.1, -0.05) is 25.2 Å². The molecule has 0 aliphatic heterocycles. The molecule has 0 saturated carbocycles. The Kier molecular flexibility index (Phi) is 5.28. The molecule has 0 amide bonds. The van der Waals surface area contributed by atoms with Crippen molar-refractivity contribution in [3.05, 3.63) is 51.9 Å². The number of aryl methyl sites for hydroxylation is 1. The van der Waals surface area contributed by atoms with E-state index in [2.05, 4.69) is 15.0 Å². The largest absolute Gasteiger partial charge is 0.433 e. The van der Waals surface area contributed by atoms with E-state index in [1.54, 1.807) is 6.20 Å². The third kappa shape index (κ3) is 4.32. The summed E-state index contributed by atoms with van der Waals surface area (Å²) in [5, 5.41) is 0.902. The van der Waals surface area contributed by atoms with Crippen LogP contribution in [0.4, 0.5) is 13.2 Å². The highest BCUT2D eigenvalue weighted by molar-refractivity contribution is 7.18. The molecule has 0 radical (unpaired) electrons. The Balaban J connectivity index is 1.85. The minimum absolute atomic E-state index is 0.0860. The quantitative estimate of drug-likeness (QED) is 0.619. The van der Waals surface area contributed by atoms with Crippen molar-refractivity contribution in [2.24, 2.45) is 0 Å². The molecule has 0 fully saturated rings. The van der Waals surface area contributed by atoms with E-state index < -0.39 is 11.9 Å². The first kappa shape index (κ1) is 19.4. The fourth-order valence-corrected chi connectivity index (χ4v) is 3.84. The van der Waals surface area contributed by atoms with Gasteiger partial charge in [0.2, 0.25) is 0 Å². The highest BCUT2D eigenvalue weighted by Crippen LogP contribution is 2.31. The lowest BCUT2D eigenvalue weighted by atomic mass is 9.93. The van der Waals surface area contributed by atoms with Gasteiger partial charge in [0.15, 0.2) is 0 Å². The second-order valence-corrected chi connectivity index (χ2v) is 7.86. The average molecular weight is 393 g/mol. The van der Waals surface area contributed by atoms with Crippen molar-refractivity contribution in [2.45, 2.75) is 45.7 Å². The number of halogens is 3. The molecule has 0 unspecified atom stereocenters. The molecule has 0 saturated heterocycles. The Morgan fingerprint density at radius 2 is 1.96 bits per heavy atom. The number of nitrogens with zero attached hydrogens (tertiary/aromatic N) is 3. The number of aromatic nitrogens is 3. The van der Waals surface area contributed by atoms with E-state index >= 15 is 0 Å². The van der Waals surface area contributed by atoms with Gasteiger partial charge < -0.3 is 0 Å². The van der Waals surface area contributed by atoms with Gasteiger partial charge in [0.25, 0.3) is 0 Å². The third-order valence-electron chi connectivity index (χ3n) is 4.14. The average Bonchev–Trinajstić information content (AvgIpc) is 2.93. The number of thiazole rings is 1. The summed E-state index contributed by atoms with van der Waals surface area (Å²) in [5.41, 5.74) is 1.87. The van der Waals surface area contributed by atoms with Crippen LogP contribution in [0.2, 0.25) is 0 Å². The second-order valence-electron chi connectivity index (χ2n) is 6.68. The molecule has 3 aromatic rings. The zero-order valence-electron chi connectivity index (χ0n) is 15.1. The number of rotatable bonds is 5. The zero-order chi connectivity index (χ0) is 19.8. The van der Waals surface area contributed by atoms with Crippen LogP contribution in [0.15, 0.2) is 24.5 Å². The summed E-state index contributed by atoms with van der Waals surface area (Å²) in [5.74, 6) is -0.0260. The monoisotopic (exact) mass is 393 g/mol. The predicted molar refractivity (Wildman–Crippen MR) is 97.9 cm³/mol. The minimum atomic E-state index is -4.53. The van der Waals surface area contributed by atoms with Crippen molar-refractivity contribution in [3.63, 3.8) is 0 Å². The molecule has 0 N–H and O–H groups in total. The maximum Gasteiger partial charge on any atom is 0.433 e. The fourth-order valence-electron chi connectivity index (χ4n) is 3.06. The van der Waals surface area contributed by atoms with Crippen LogP contribution in [-0.4, -0.2) is 20.7 Å². The van der Waals surface area contributed by atoms with Crippen LogP contribution < -0.4 is 0 Å². The fraction of sp³-hybridized carbons (Fsp3) is 0.368. The van der Waals surface area contributed by atoms with Gasteiger partial charge >= 0.3 is 6.18 Å². The summed E-state index contributed by atoms with van der Waals surface area (Å²) in [7, 11) is 0. The van der Waals surface area contributed by atoms with Crippen molar-refractivity contribution in [2.75, 3.05) is 0 Å². The van der Waals surface area contributed by atoms with Crippen molar-refractivity contribution >= 4 is 27.5 Å². The molecule has 8 heteroatoms. The van der Waals surface area contributed by atoms with Gasteiger partial charge in [0.05, 0.1) is 5.01 Å². The predicted octanol–water partition coefficient (Wildman–Crippen LogP) is 4.89. The molecule has 4 nitrogen and oxygen atoms in total. The lowest BCUT2D eigenvalue weighted by molar-refractivity contribution is -0.141. The third-order valence-corrected chi connectivity index (χ3v) is 5.01. The first-order valence-electron chi connectivity index (χ1n) is 8.44. The maximum absolute atomic E-state index is 12.8. The van der Waals surface area contributed by atoms with Gasteiger partial charge in [-0.2, -0.15) is 13.2 Å². The van der Waals surface area contributed by atoms with Crippen molar-refractivity contribution in [1.29, 1.82) is 0 Å². The maximum atomic E-state index is 12.8. The van der Waals surface area contributed by atoms with Crippen LogP contribution in [0.3, 0.4) is 0 Å². The van der Waals surface area contributed by atoms with Crippen LogP contribution >= 0.6 is 11.3 Å². The summed E-state index contributed by atoms with van der Waals surface area (Å²) in [6.45, 7) is 5.95. The zero-order valence-corrected chi connectivity index (χ0v) is 15.9. The number of hydrogen-bond acceptors (Lipinski definition) is 5. The van der Waals surface area contributed by atoms with E-state index in [4.69, 9.17) is 0 Å². The Morgan fingerprint density at radius 3 is 2.63 bits per heavy atom. The normalized spacial score (nSPS) is 12.1. The van der Waals surface area contributed by atoms with Gasteiger partial charge in [-0.15, -0.1) is 0 Å². The highest BCUT2D eigenvalue weighted by Gasteiger charge is 2.32. The Hall–Kier alpha value is -2.35. The van der Waals surface area contributed by atoms with Crippen LogP contribution in [-0.2, 0) is 23.8 Å². The number of Topliss-reactive ketones (excluding diaryl/α,β-unsaturated/α-hetero) is 1. The molecule has 3 rings (SSSR count). The molecule has 27 heavy (non-hydrogen) atoms. The lowest BCUT2D eigenvalue weighted by Gasteiger charge is -2.13. The number of fused-ring (bicyclic) bond motifs is 1. The van der Waals surface area contributed by atoms with Gasteiger partial charge in [-0.3, -0.25) is 9.78 Å². The summed E-state index contributed by atoms with van der Waals surface area (Å²) >= 11 is 1.50. The van der Waals surface area contributed by atoms with E-state index in [1.165, 1.54) is 17.4 Å². The van der Waals surface area contributed by atoms with Crippen molar-refractivity contribution in [3.8, 4) is 0 Å². The molecular weight excluding hydrogens is 375 g/mol. The molecule has 0 bridgehead atoms. The minimum Gasteiger partial charge on any atom is -0.299 e. The summed E-state index contributed by atoms with van der Waals surface area (Å²) in [6, 6.07) is 2.36. The topological polar surface area (TPSA) is 55.7 Å². The molecule has 3 heterocycles. The number of carbonyl (C=O) groups excluding carboxylic acids is 1. The van der Waals surface area contributed by atoms with E-state index in [9.17, 15) is 18.0 Å². The molecule has 142 valence electrons. The number of carbonyl (C=O) groups is 1. The van der Waals surface area contributed by atoms with E-state index in [-0.39, 0.29) is 24.5 Å². The Bertz CT molecular complexity index is 996. The van der Waals surface area contributed by atoms with Crippen molar-refractivity contribution in [1.82, 2.24) is 15.0 Å². The SMILES string of the molecule is Cc1nc2c(C(C)C)c(CC(=O)Cc3ccnc(C(F)(F)F)c3)cnc2s1. The molecule has 0 spiro atoms. The van der Waals surface area contributed by atoms with E-state index in [0.717, 1.165) is 38.7 Å². The van der Waals surface area contributed by atoms with E-state index in [0.29, 0.717) is 5.56 Å². The Labute approximate surface area is 158 Å². The number of hydrogen-bond donors (Lipinski definition) is 0. The summed E-state index contributed by atoms with van der Waals surface area (Å²) < 4.78 is 38.3. The van der Waals surface area contributed by atoms with Crippen molar-refractivity contribution < 1.29 is 18.0 Å². The second kappa shape index (κ2) is 7.34. The summed E-state index contributed by atoms with van der Waals surface area (Å²) in [6.07, 6.45) is -1.74. The highest BCUT2D eigenvalue weighted by atomic mass is 32.1. The molecule has 3 aromatic heterocycles. The molecular formula is C19H18F3N3OS. The molecule has 0 aromatic carbocycles. The Morgan fingerprint density at radius 1 is 1.22 bits per heavy atom. The molecule has 0 atom stereocenters. The first-order valence-corrected chi connectivity index (χ1v) is 9.25. The van der Waals surface area contributed by atoms with Gasteiger partial charge in [-0.25, -0.2) is 9.97 Å². The van der Waals surface area contributed by atoms with Crippen LogP contribution in [0.5, 0.6) is 0 Å². The lowest BCUT2D eigenvalue weighted by Crippen LogP contribution is -2.12. The van der Waals surface area contributed by atoms with Gasteiger partial charge in [-0.05, 0) is 41.7 Å². The smallest absolute Gasteiger partial charge is 0.299 e. The summed E-state index contributed by atoms with van der Waals surface area (Å²) in [4.78, 5) is 25.6. The van der Waals surface area contributed by atoms with E-state index in [1.807, 2.05) is 20.8 Å². The van der Waals surface area contributed by atoms with Gasteiger partial charge in [0, 0.05) is 25.2 Å². The van der Waals surface area contributed by atoms with Gasteiger partial charge in [0.1, 0.15) is 21.8 Å². The molecule has 0 aliphatic rings. The number of alkyl halides is 3. The standard InChI is InChI=1S/C19H18F3N3OS/c1-10(2)16-13(9-24-18-17(16)25-11(3)27-18)8-14(26)6-12-4-5-23-15(7-12)19(20,21)22/h4-5,7,9-10H,6,8H2,1-3H3. The van der Waals surface area contributed by atoms with Crippen LogP contribution in [0.25, 0.3) is 10.3 Å². The van der Waals surface area contributed by atoms with Crippen LogP contribution in [0, 0.1) is 6.92 Å². The van der Waals surface area contributed by atoms with Crippen LogP contribution in [0.1, 0.15) is 47.2 Å². The first-order chi connectivity index (χ1) is 12.6.